The largest absolute Gasteiger partial charge is 0.385 e. The fourth-order valence-corrected chi connectivity index (χ4v) is 4.12. The first-order chi connectivity index (χ1) is 16.0. The maximum absolute atomic E-state index is 12.4. The molecule has 174 valence electrons. The van der Waals surface area contributed by atoms with Gasteiger partial charge in [0.1, 0.15) is 5.01 Å². The van der Waals surface area contributed by atoms with Crippen LogP contribution in [-0.2, 0) is 28.9 Å². The van der Waals surface area contributed by atoms with Crippen LogP contribution >= 0.6 is 11.3 Å². The van der Waals surface area contributed by atoms with Crippen molar-refractivity contribution in [3.05, 3.63) is 74.6 Å². The molecule has 0 fully saturated rings. The Bertz CT molecular complexity index is 1110. The number of methoxy groups -OCH3 is 1. The molecule has 1 N–H and O–H groups in total. The lowest BCUT2D eigenvalue weighted by Crippen LogP contribution is -2.21. The van der Waals surface area contributed by atoms with Crippen molar-refractivity contribution >= 4 is 28.7 Å². The molecule has 0 aliphatic carbocycles. The van der Waals surface area contributed by atoms with Crippen LogP contribution in [0.5, 0.6) is 0 Å². The summed E-state index contributed by atoms with van der Waals surface area (Å²) in [5.41, 5.74) is 1.25. The Morgan fingerprint density at radius 3 is 2.67 bits per heavy atom. The minimum atomic E-state index is -0.160. The zero-order valence-electron chi connectivity index (χ0n) is 18.7. The molecule has 3 rings (SSSR count). The molecule has 0 aliphatic rings. The number of benzene rings is 1. The second kappa shape index (κ2) is 12.8. The first-order valence-electron chi connectivity index (χ1n) is 10.9. The molecule has 33 heavy (non-hydrogen) atoms. The summed E-state index contributed by atoms with van der Waals surface area (Å²) in [6.45, 7) is 1.12. The summed E-state index contributed by atoms with van der Waals surface area (Å²) in [6.07, 6.45) is 5.37. The van der Waals surface area contributed by atoms with E-state index in [4.69, 9.17) is 4.74 Å². The summed E-state index contributed by atoms with van der Waals surface area (Å²) < 4.78 is 6.58. The number of Topliss-reactive ketones (excluding diaryl/α,β-unsaturated/α-hetero) is 1. The standard InChI is InChI=1S/C24H28N4O4S/c1-32-15-7-10-20(29)24-27-26-22(33-24)11-5-6-13-28-14-12-19(17-23(28)31)25-21(30)16-18-8-3-2-4-9-18/h2-4,8-9,12,14,17H,5-7,10-11,13,15-16H2,1H3,(H,25,30). The number of hydrogen-bond donors (Lipinski definition) is 1. The van der Waals surface area contributed by atoms with E-state index in [1.54, 1.807) is 23.9 Å². The van der Waals surface area contributed by atoms with Gasteiger partial charge in [-0.1, -0.05) is 41.7 Å². The molecule has 8 nitrogen and oxygen atoms in total. The zero-order valence-corrected chi connectivity index (χ0v) is 19.5. The summed E-state index contributed by atoms with van der Waals surface area (Å²) in [4.78, 5) is 36.6. The number of nitrogens with zero attached hydrogens (tertiary/aromatic N) is 3. The number of nitrogens with one attached hydrogen (secondary N) is 1. The number of carbonyl (C=O) groups excluding carboxylic acids is 2. The smallest absolute Gasteiger partial charge is 0.252 e. The monoisotopic (exact) mass is 468 g/mol. The summed E-state index contributed by atoms with van der Waals surface area (Å²) in [5.74, 6) is -0.162. The molecule has 3 aromatic rings. The first kappa shape index (κ1) is 24.5. The average molecular weight is 469 g/mol. The predicted molar refractivity (Wildman–Crippen MR) is 128 cm³/mol. The SMILES string of the molecule is COCCCC(=O)c1nnc(CCCCn2ccc(NC(=O)Cc3ccccc3)cc2=O)s1. The quantitative estimate of drug-likeness (QED) is 0.304. The minimum Gasteiger partial charge on any atom is -0.385 e. The lowest BCUT2D eigenvalue weighted by Gasteiger charge is -2.08. The number of amides is 1. The van der Waals surface area contributed by atoms with Gasteiger partial charge >= 0.3 is 0 Å². The van der Waals surface area contributed by atoms with Gasteiger partial charge in [0.2, 0.25) is 5.91 Å². The van der Waals surface area contributed by atoms with Crippen LogP contribution in [0, 0.1) is 0 Å². The van der Waals surface area contributed by atoms with Gasteiger partial charge in [-0.25, -0.2) is 0 Å². The number of ketones is 1. The van der Waals surface area contributed by atoms with Crippen molar-refractivity contribution in [3.8, 4) is 0 Å². The maximum atomic E-state index is 12.4. The highest BCUT2D eigenvalue weighted by molar-refractivity contribution is 7.13. The van der Waals surface area contributed by atoms with Gasteiger partial charge in [0, 0.05) is 51.1 Å². The van der Waals surface area contributed by atoms with Crippen LogP contribution in [0.2, 0.25) is 0 Å². The maximum Gasteiger partial charge on any atom is 0.252 e. The molecule has 0 unspecified atom stereocenters. The zero-order chi connectivity index (χ0) is 23.5. The molecule has 1 amide bonds. The van der Waals surface area contributed by atoms with Crippen LogP contribution < -0.4 is 10.9 Å². The van der Waals surface area contributed by atoms with E-state index >= 15 is 0 Å². The Morgan fingerprint density at radius 1 is 1.09 bits per heavy atom. The third-order valence-electron chi connectivity index (χ3n) is 4.98. The summed E-state index contributed by atoms with van der Waals surface area (Å²) in [6, 6.07) is 12.6. The third-order valence-corrected chi connectivity index (χ3v) is 6.01. The second-order valence-corrected chi connectivity index (χ2v) is 8.70. The number of ether oxygens (including phenoxy) is 1. The van der Waals surface area contributed by atoms with Gasteiger partial charge in [-0.2, -0.15) is 0 Å². The molecule has 2 aromatic heterocycles. The summed E-state index contributed by atoms with van der Waals surface area (Å²) >= 11 is 1.34. The third kappa shape index (κ3) is 8.03. The van der Waals surface area contributed by atoms with Crippen molar-refractivity contribution in [2.24, 2.45) is 0 Å². The van der Waals surface area contributed by atoms with Crippen molar-refractivity contribution in [2.45, 2.75) is 45.1 Å². The van der Waals surface area contributed by atoms with E-state index < -0.39 is 0 Å². The van der Waals surface area contributed by atoms with Gasteiger partial charge in [0.05, 0.1) is 6.42 Å². The van der Waals surface area contributed by atoms with Crippen LogP contribution in [0.25, 0.3) is 0 Å². The normalized spacial score (nSPS) is 10.8. The van der Waals surface area contributed by atoms with Gasteiger partial charge in [0.15, 0.2) is 10.8 Å². The van der Waals surface area contributed by atoms with Gasteiger partial charge in [-0.05, 0) is 30.9 Å². The molecule has 0 bridgehead atoms. The number of pyridine rings is 1. The van der Waals surface area contributed by atoms with E-state index in [2.05, 4.69) is 15.5 Å². The first-order valence-corrected chi connectivity index (χ1v) is 11.8. The van der Waals surface area contributed by atoms with Gasteiger partial charge in [0.25, 0.3) is 5.56 Å². The van der Waals surface area contributed by atoms with Gasteiger partial charge < -0.3 is 14.6 Å². The summed E-state index contributed by atoms with van der Waals surface area (Å²) in [5, 5.41) is 12.1. The van der Waals surface area contributed by atoms with Gasteiger partial charge in [-0.15, -0.1) is 10.2 Å². The molecule has 0 saturated carbocycles. The highest BCUT2D eigenvalue weighted by Gasteiger charge is 2.12. The minimum absolute atomic E-state index is 0.00157. The molecule has 0 aliphatic heterocycles. The molecule has 9 heteroatoms. The van der Waals surface area contributed by atoms with E-state index in [1.807, 2.05) is 30.3 Å². The van der Waals surface area contributed by atoms with Crippen molar-refractivity contribution in [1.82, 2.24) is 14.8 Å². The lowest BCUT2D eigenvalue weighted by atomic mass is 10.1. The molecule has 1 aromatic carbocycles. The van der Waals surface area contributed by atoms with Crippen LogP contribution in [0.3, 0.4) is 0 Å². The Balaban J connectivity index is 1.41. The number of hydrogen-bond acceptors (Lipinski definition) is 7. The molecule has 0 spiro atoms. The van der Waals surface area contributed by atoms with E-state index in [1.165, 1.54) is 17.4 Å². The van der Waals surface area contributed by atoms with Gasteiger partial charge in [-0.3, -0.25) is 14.4 Å². The number of aryl methyl sites for hydroxylation is 2. The van der Waals surface area contributed by atoms with E-state index in [0.29, 0.717) is 43.1 Å². The number of unbranched alkanes of at least 4 members (excludes halogenated alkanes) is 1. The molecular formula is C24H28N4O4S. The van der Waals surface area contributed by atoms with Crippen molar-refractivity contribution in [3.63, 3.8) is 0 Å². The number of anilines is 1. The number of rotatable bonds is 13. The van der Waals surface area contributed by atoms with E-state index in [-0.39, 0.29) is 23.7 Å². The van der Waals surface area contributed by atoms with Crippen LogP contribution in [0.1, 0.15) is 46.1 Å². The Labute approximate surface area is 196 Å². The molecular weight excluding hydrogens is 440 g/mol. The second-order valence-electron chi connectivity index (χ2n) is 7.64. The van der Waals surface area contributed by atoms with Crippen molar-refractivity contribution in [2.75, 3.05) is 19.0 Å². The highest BCUT2D eigenvalue weighted by atomic mass is 32.1. The average Bonchev–Trinajstić information content (AvgIpc) is 3.28. The van der Waals surface area contributed by atoms with Crippen LogP contribution in [-0.4, -0.2) is 40.2 Å². The molecule has 0 saturated heterocycles. The lowest BCUT2D eigenvalue weighted by molar-refractivity contribution is -0.115. The van der Waals surface area contributed by atoms with E-state index in [0.717, 1.165) is 23.4 Å². The Kier molecular flexibility index (Phi) is 9.46. The van der Waals surface area contributed by atoms with Crippen molar-refractivity contribution < 1.29 is 14.3 Å². The number of aromatic nitrogens is 3. The number of carbonyl (C=O) groups is 2. The molecule has 0 atom stereocenters. The fraction of sp³-hybridized carbons (Fsp3) is 0.375. The van der Waals surface area contributed by atoms with E-state index in [9.17, 15) is 14.4 Å². The molecule has 2 heterocycles. The van der Waals surface area contributed by atoms with Crippen LogP contribution in [0.15, 0.2) is 53.5 Å². The van der Waals surface area contributed by atoms with Crippen LogP contribution in [0.4, 0.5) is 5.69 Å². The molecule has 0 radical (unpaired) electrons. The topological polar surface area (TPSA) is 103 Å². The predicted octanol–water partition coefficient (Wildman–Crippen LogP) is 3.51. The highest BCUT2D eigenvalue weighted by Crippen LogP contribution is 2.15. The summed E-state index contributed by atoms with van der Waals surface area (Å²) in [7, 11) is 1.61. The fourth-order valence-electron chi connectivity index (χ4n) is 3.27. The Morgan fingerprint density at radius 2 is 1.91 bits per heavy atom. The van der Waals surface area contributed by atoms with Crippen molar-refractivity contribution in [1.29, 1.82) is 0 Å². The Hall–Kier alpha value is -3.17.